The largest absolute Gasteiger partial charge is 0.462 e. The fourth-order valence-corrected chi connectivity index (χ4v) is 5.36. The number of nitrogens with two attached hydrogens (primary N) is 1. The molecule has 15 heteroatoms. The first-order valence-electron chi connectivity index (χ1n) is 12.2. The van der Waals surface area contributed by atoms with Crippen molar-refractivity contribution >= 4 is 55.9 Å². The molecule has 1 aliphatic heterocycles. The van der Waals surface area contributed by atoms with Crippen molar-refractivity contribution in [3.63, 3.8) is 0 Å². The molecule has 1 aromatic carbocycles. The van der Waals surface area contributed by atoms with Crippen molar-refractivity contribution in [2.24, 2.45) is 5.73 Å². The Balaban J connectivity index is 1.57. The first-order chi connectivity index (χ1) is 18.5. The monoisotopic (exact) mass is 574 g/mol. The van der Waals surface area contributed by atoms with Crippen molar-refractivity contribution < 1.29 is 22.7 Å². The number of piperazine rings is 1. The molecule has 4 N–H and O–H groups in total. The molecule has 0 unspecified atom stereocenters. The molecule has 1 aliphatic rings. The standard InChI is InChI=1S/C24H30N8O5S2/c1-4-37-21(33)20-15(2)27-24(38-20)30-23-28-18(26-14-16-5-7-17(8-6-16)39(3,35)36)13-19(29-23)31-9-11-32(12-10-31)22(25)34/h5-8,13H,4,9-12,14H2,1-3H3,(H2,25,34)(H2,26,27,28,29,30). The molecule has 0 spiro atoms. The van der Waals surface area contributed by atoms with Gasteiger partial charge < -0.3 is 25.6 Å². The molecule has 1 saturated heterocycles. The summed E-state index contributed by atoms with van der Waals surface area (Å²) >= 11 is 1.15. The number of hydrogen-bond acceptors (Lipinski definition) is 12. The van der Waals surface area contributed by atoms with Gasteiger partial charge in [0.1, 0.15) is 16.5 Å². The first-order valence-corrected chi connectivity index (χ1v) is 14.9. The van der Waals surface area contributed by atoms with Gasteiger partial charge in [0.15, 0.2) is 15.0 Å². The number of ether oxygens (including phenoxy) is 1. The lowest BCUT2D eigenvalue weighted by molar-refractivity contribution is 0.0531. The number of sulfone groups is 1. The van der Waals surface area contributed by atoms with Gasteiger partial charge >= 0.3 is 12.0 Å². The maximum Gasteiger partial charge on any atom is 0.350 e. The number of aromatic nitrogens is 3. The molecule has 0 radical (unpaired) electrons. The van der Waals surface area contributed by atoms with Crippen LogP contribution in [0.25, 0.3) is 0 Å². The van der Waals surface area contributed by atoms with Crippen molar-refractivity contribution in [3.8, 4) is 0 Å². The molecule has 3 heterocycles. The Kier molecular flexibility index (Phi) is 8.50. The lowest BCUT2D eigenvalue weighted by Gasteiger charge is -2.34. The average molecular weight is 575 g/mol. The second kappa shape index (κ2) is 11.8. The molecule has 39 heavy (non-hydrogen) atoms. The van der Waals surface area contributed by atoms with Crippen LogP contribution < -0.4 is 21.3 Å². The zero-order valence-electron chi connectivity index (χ0n) is 21.8. The van der Waals surface area contributed by atoms with Crippen LogP contribution in [0.1, 0.15) is 27.9 Å². The van der Waals surface area contributed by atoms with Gasteiger partial charge in [-0.15, -0.1) is 0 Å². The van der Waals surface area contributed by atoms with Crippen molar-refractivity contribution in [1.29, 1.82) is 0 Å². The summed E-state index contributed by atoms with van der Waals surface area (Å²) in [6.45, 7) is 6.12. The third-order valence-corrected chi connectivity index (χ3v) is 8.11. The van der Waals surface area contributed by atoms with Crippen molar-refractivity contribution in [2.45, 2.75) is 25.3 Å². The van der Waals surface area contributed by atoms with E-state index in [4.69, 9.17) is 10.5 Å². The number of anilines is 4. The topological polar surface area (TPSA) is 173 Å². The lowest BCUT2D eigenvalue weighted by Crippen LogP contribution is -2.50. The van der Waals surface area contributed by atoms with Crippen LogP contribution in [0, 0.1) is 6.92 Å². The Morgan fingerprint density at radius 3 is 2.41 bits per heavy atom. The van der Waals surface area contributed by atoms with Crippen LogP contribution in [0.3, 0.4) is 0 Å². The van der Waals surface area contributed by atoms with Crippen LogP contribution in [0.2, 0.25) is 0 Å². The SMILES string of the molecule is CCOC(=O)c1sc(Nc2nc(NCc3ccc(S(C)(=O)=O)cc3)cc(N3CCN(C(N)=O)CC3)n2)nc1C. The molecule has 2 amide bonds. The third-order valence-electron chi connectivity index (χ3n) is 5.93. The highest BCUT2D eigenvalue weighted by molar-refractivity contribution is 7.90. The van der Waals surface area contributed by atoms with Crippen LogP contribution in [-0.2, 0) is 21.1 Å². The molecule has 208 valence electrons. The Bertz CT molecular complexity index is 1450. The molecule has 4 rings (SSSR count). The summed E-state index contributed by atoms with van der Waals surface area (Å²) in [5, 5.41) is 6.79. The van der Waals surface area contributed by atoms with E-state index in [1.165, 1.54) is 6.26 Å². The highest BCUT2D eigenvalue weighted by Crippen LogP contribution is 2.27. The maximum atomic E-state index is 12.2. The number of rotatable bonds is 9. The third kappa shape index (κ3) is 7.11. The second-order valence-electron chi connectivity index (χ2n) is 8.80. The molecular weight excluding hydrogens is 544 g/mol. The number of esters is 1. The fourth-order valence-electron chi connectivity index (χ4n) is 3.88. The predicted molar refractivity (Wildman–Crippen MR) is 148 cm³/mol. The number of nitrogens with zero attached hydrogens (tertiary/aromatic N) is 5. The number of benzene rings is 1. The Morgan fingerprint density at radius 1 is 1.10 bits per heavy atom. The van der Waals surface area contributed by atoms with Crippen LogP contribution in [0.15, 0.2) is 35.2 Å². The molecule has 0 saturated carbocycles. The van der Waals surface area contributed by atoms with Crippen LogP contribution in [0.4, 0.5) is 27.5 Å². The molecule has 3 aromatic rings. The first kappa shape index (κ1) is 28.0. The molecule has 0 bridgehead atoms. The summed E-state index contributed by atoms with van der Waals surface area (Å²) in [6.07, 6.45) is 1.17. The summed E-state index contributed by atoms with van der Waals surface area (Å²) in [7, 11) is -3.28. The molecule has 2 aromatic heterocycles. The van der Waals surface area contributed by atoms with E-state index in [9.17, 15) is 18.0 Å². The van der Waals surface area contributed by atoms with Gasteiger partial charge in [-0.3, -0.25) is 5.32 Å². The smallest absolute Gasteiger partial charge is 0.350 e. The van der Waals surface area contributed by atoms with E-state index in [2.05, 4.69) is 25.6 Å². The number of thiazole rings is 1. The minimum Gasteiger partial charge on any atom is -0.462 e. The van der Waals surface area contributed by atoms with Gasteiger partial charge in [-0.25, -0.2) is 23.0 Å². The second-order valence-corrected chi connectivity index (χ2v) is 11.8. The summed E-state index contributed by atoms with van der Waals surface area (Å²) in [6, 6.07) is 7.95. The number of carbonyl (C=O) groups excluding carboxylic acids is 2. The summed E-state index contributed by atoms with van der Waals surface area (Å²) in [5.41, 5.74) is 6.82. The minimum atomic E-state index is -3.28. The van der Waals surface area contributed by atoms with Crippen LogP contribution >= 0.6 is 11.3 Å². The quantitative estimate of drug-likeness (QED) is 0.320. The van der Waals surface area contributed by atoms with E-state index >= 15 is 0 Å². The number of nitrogens with one attached hydrogen (secondary N) is 2. The summed E-state index contributed by atoms with van der Waals surface area (Å²) in [4.78, 5) is 41.6. The van der Waals surface area contributed by atoms with Crippen molar-refractivity contribution in [2.75, 3.05) is 54.6 Å². The molecule has 0 aliphatic carbocycles. The molecule has 1 fully saturated rings. The Morgan fingerprint density at radius 2 is 1.79 bits per heavy atom. The number of primary amides is 1. The van der Waals surface area contributed by atoms with Crippen molar-refractivity contribution in [3.05, 3.63) is 46.5 Å². The van der Waals surface area contributed by atoms with Gasteiger partial charge in [-0.05, 0) is 31.5 Å². The van der Waals surface area contributed by atoms with Gasteiger partial charge in [0.25, 0.3) is 0 Å². The molecular formula is C24H30N8O5S2. The summed E-state index contributed by atoms with van der Waals surface area (Å²) in [5.74, 6) is 0.979. The van der Waals surface area contributed by atoms with E-state index < -0.39 is 21.8 Å². The van der Waals surface area contributed by atoms with E-state index in [1.54, 1.807) is 49.1 Å². The number of amides is 2. The van der Waals surface area contributed by atoms with Gasteiger partial charge in [0, 0.05) is 45.0 Å². The zero-order valence-corrected chi connectivity index (χ0v) is 23.4. The van der Waals surface area contributed by atoms with Gasteiger partial charge in [-0.2, -0.15) is 9.97 Å². The number of urea groups is 1. The zero-order chi connectivity index (χ0) is 28.2. The van der Waals surface area contributed by atoms with E-state index in [-0.39, 0.29) is 17.5 Å². The predicted octanol–water partition coefficient (Wildman–Crippen LogP) is 2.38. The van der Waals surface area contributed by atoms with E-state index in [0.717, 1.165) is 16.9 Å². The number of aryl methyl sites for hydroxylation is 1. The minimum absolute atomic E-state index is 0.248. The number of hydrogen-bond donors (Lipinski definition) is 3. The lowest BCUT2D eigenvalue weighted by atomic mass is 10.2. The van der Waals surface area contributed by atoms with Crippen molar-refractivity contribution in [1.82, 2.24) is 19.9 Å². The number of carbonyl (C=O) groups is 2. The Hall–Kier alpha value is -3.98. The van der Waals surface area contributed by atoms with Gasteiger partial charge in [-0.1, -0.05) is 23.5 Å². The highest BCUT2D eigenvalue weighted by atomic mass is 32.2. The fraction of sp³-hybridized carbons (Fsp3) is 0.375. The van der Waals surface area contributed by atoms with Gasteiger partial charge in [0.05, 0.1) is 17.2 Å². The average Bonchev–Trinajstić information content (AvgIpc) is 3.27. The van der Waals surface area contributed by atoms with Crippen LogP contribution in [0.5, 0.6) is 0 Å². The van der Waals surface area contributed by atoms with E-state index in [1.807, 2.05) is 4.90 Å². The summed E-state index contributed by atoms with van der Waals surface area (Å²) < 4.78 is 28.6. The molecule has 13 nitrogen and oxygen atoms in total. The normalized spacial score (nSPS) is 13.7. The maximum absolute atomic E-state index is 12.2. The highest BCUT2D eigenvalue weighted by Gasteiger charge is 2.22. The van der Waals surface area contributed by atoms with E-state index in [0.29, 0.717) is 60.1 Å². The molecule has 0 atom stereocenters. The Labute approximate surface area is 230 Å². The van der Waals surface area contributed by atoms with Gasteiger partial charge in [0.2, 0.25) is 5.95 Å². The van der Waals surface area contributed by atoms with Crippen LogP contribution in [-0.4, -0.2) is 79.3 Å².